The minimum Gasteiger partial charge on any atom is -0.312 e. The van der Waals surface area contributed by atoms with Crippen LogP contribution < -0.4 is 0 Å². The summed E-state index contributed by atoms with van der Waals surface area (Å²) in [6, 6.07) is 61.4. The number of rotatable bonds is 4. The highest BCUT2D eigenvalue weighted by Gasteiger charge is 2.31. The number of nitrogens with zero attached hydrogens (tertiary/aromatic N) is 4. The molecule has 2 aliphatic carbocycles. The molecule has 280 valence electrons. The van der Waals surface area contributed by atoms with Crippen molar-refractivity contribution in [3.8, 4) is 34.0 Å². The molecule has 4 nitrogen and oxygen atoms in total. The van der Waals surface area contributed by atoms with E-state index in [4.69, 9.17) is 9.97 Å². The molecule has 0 radical (unpaired) electrons. The zero-order valence-corrected chi connectivity index (χ0v) is 32.6. The molecule has 0 aliphatic heterocycles. The third-order valence-electron chi connectivity index (χ3n) is 12.8. The Labute approximate surface area is 346 Å². The summed E-state index contributed by atoms with van der Waals surface area (Å²) in [5, 5.41) is 9.65. The van der Waals surface area contributed by atoms with Gasteiger partial charge in [0.1, 0.15) is 0 Å². The van der Waals surface area contributed by atoms with Crippen molar-refractivity contribution in [2.45, 2.75) is 5.92 Å². The smallest absolute Gasteiger partial charge is 0.160 e. The van der Waals surface area contributed by atoms with Gasteiger partial charge in [0, 0.05) is 67.1 Å². The van der Waals surface area contributed by atoms with E-state index in [0.29, 0.717) is 11.7 Å². The number of allylic oxidation sites excluding steroid dienone is 5. The lowest BCUT2D eigenvalue weighted by Crippen LogP contribution is -2.16. The Bertz CT molecular complexity index is 3670. The summed E-state index contributed by atoms with van der Waals surface area (Å²) in [5.41, 5.74) is 12.4. The van der Waals surface area contributed by atoms with Crippen molar-refractivity contribution in [2.24, 2.45) is 5.92 Å². The van der Waals surface area contributed by atoms with Crippen LogP contribution in [0.1, 0.15) is 17.2 Å². The van der Waals surface area contributed by atoms with E-state index < -0.39 is 0 Å². The van der Waals surface area contributed by atoms with Gasteiger partial charge in [-0.2, -0.15) is 0 Å². The van der Waals surface area contributed by atoms with Crippen molar-refractivity contribution in [1.82, 2.24) is 19.1 Å². The van der Waals surface area contributed by atoms with Crippen molar-refractivity contribution in [3.63, 3.8) is 0 Å². The van der Waals surface area contributed by atoms with E-state index in [0.717, 1.165) is 39.1 Å². The highest BCUT2D eigenvalue weighted by atomic mass is 15.0. The van der Waals surface area contributed by atoms with Crippen LogP contribution in [0.5, 0.6) is 0 Å². The molecule has 2 unspecified atom stereocenters. The summed E-state index contributed by atoms with van der Waals surface area (Å²) in [6.07, 6.45) is 13.8. The SMILES string of the molecule is C1=CC2C=Cc3c(n(-c4cccc(-c5nc(-c6ccc7cc8c9ccccc9n(-c9ccccc9)c8cc7c6)c6ccccc6n5)c4)c4cc5ccccc5cc34)C2C=C1. The van der Waals surface area contributed by atoms with Crippen LogP contribution in [-0.4, -0.2) is 19.1 Å². The van der Waals surface area contributed by atoms with Gasteiger partial charge in [-0.05, 0) is 88.3 Å². The van der Waals surface area contributed by atoms with Crippen molar-refractivity contribution >= 4 is 71.2 Å². The van der Waals surface area contributed by atoms with Crippen LogP contribution in [0.2, 0.25) is 0 Å². The highest BCUT2D eigenvalue weighted by molar-refractivity contribution is 6.14. The quantitative estimate of drug-likeness (QED) is 0.179. The summed E-state index contributed by atoms with van der Waals surface area (Å²) in [6.45, 7) is 0. The largest absolute Gasteiger partial charge is 0.312 e. The van der Waals surface area contributed by atoms with Gasteiger partial charge < -0.3 is 9.13 Å². The minimum atomic E-state index is 0.237. The number of benzene rings is 8. The second-order valence-corrected chi connectivity index (χ2v) is 16.2. The first-order chi connectivity index (χ1) is 29.7. The van der Waals surface area contributed by atoms with Gasteiger partial charge in [0.05, 0.1) is 27.8 Å². The van der Waals surface area contributed by atoms with Crippen LogP contribution in [0.25, 0.3) is 105 Å². The predicted molar refractivity (Wildman–Crippen MR) is 250 cm³/mol. The number of fused-ring (bicyclic) bond motifs is 11. The Hall–Kier alpha value is -7.82. The van der Waals surface area contributed by atoms with E-state index in [1.165, 1.54) is 65.5 Å². The summed E-state index contributed by atoms with van der Waals surface area (Å²) in [5.74, 6) is 1.26. The van der Waals surface area contributed by atoms with E-state index in [1.54, 1.807) is 0 Å². The van der Waals surface area contributed by atoms with Gasteiger partial charge in [-0.1, -0.05) is 140 Å². The molecule has 0 spiro atoms. The highest BCUT2D eigenvalue weighted by Crippen LogP contribution is 2.45. The van der Waals surface area contributed by atoms with E-state index in [-0.39, 0.29) is 5.92 Å². The molecule has 0 saturated heterocycles. The molecule has 3 aromatic heterocycles. The summed E-state index contributed by atoms with van der Waals surface area (Å²) in [4.78, 5) is 10.7. The fourth-order valence-corrected chi connectivity index (χ4v) is 10.0. The van der Waals surface area contributed by atoms with E-state index in [9.17, 15) is 0 Å². The van der Waals surface area contributed by atoms with Crippen LogP contribution in [0, 0.1) is 5.92 Å². The summed E-state index contributed by atoms with van der Waals surface area (Å²) < 4.78 is 4.87. The summed E-state index contributed by atoms with van der Waals surface area (Å²) >= 11 is 0. The zero-order valence-electron chi connectivity index (χ0n) is 32.6. The molecule has 4 heteroatoms. The second kappa shape index (κ2) is 12.8. The molecule has 2 atom stereocenters. The van der Waals surface area contributed by atoms with Crippen LogP contribution in [0.4, 0.5) is 0 Å². The number of aromatic nitrogens is 4. The molecule has 8 aromatic carbocycles. The summed E-state index contributed by atoms with van der Waals surface area (Å²) in [7, 11) is 0. The Morgan fingerprint density at radius 2 is 1.13 bits per heavy atom. The van der Waals surface area contributed by atoms with Gasteiger partial charge in [-0.3, -0.25) is 0 Å². The maximum absolute atomic E-state index is 5.43. The number of hydrogen-bond donors (Lipinski definition) is 0. The normalized spacial score (nSPS) is 15.8. The third kappa shape index (κ3) is 4.98. The van der Waals surface area contributed by atoms with Crippen molar-refractivity contribution in [2.75, 3.05) is 0 Å². The van der Waals surface area contributed by atoms with Crippen LogP contribution in [0.15, 0.2) is 200 Å². The second-order valence-electron chi connectivity index (χ2n) is 16.2. The molecule has 0 fully saturated rings. The van der Waals surface area contributed by atoms with E-state index in [1.807, 2.05) is 0 Å². The van der Waals surface area contributed by atoms with Crippen molar-refractivity contribution in [1.29, 1.82) is 0 Å². The Morgan fingerprint density at radius 3 is 2.05 bits per heavy atom. The van der Waals surface area contributed by atoms with E-state index >= 15 is 0 Å². The molecule has 0 amide bonds. The molecule has 2 aliphatic rings. The maximum atomic E-state index is 5.43. The topological polar surface area (TPSA) is 35.6 Å². The first kappa shape index (κ1) is 33.2. The molecule has 11 aromatic rings. The molecule has 0 N–H and O–H groups in total. The average molecular weight is 765 g/mol. The van der Waals surface area contributed by atoms with Gasteiger partial charge in [-0.25, -0.2) is 9.97 Å². The van der Waals surface area contributed by atoms with E-state index in [2.05, 4.69) is 215 Å². The van der Waals surface area contributed by atoms with Gasteiger partial charge in [0.25, 0.3) is 0 Å². The first-order valence-electron chi connectivity index (χ1n) is 20.7. The van der Waals surface area contributed by atoms with Gasteiger partial charge in [-0.15, -0.1) is 0 Å². The van der Waals surface area contributed by atoms with Gasteiger partial charge in [0.2, 0.25) is 0 Å². The van der Waals surface area contributed by atoms with Gasteiger partial charge in [0.15, 0.2) is 5.82 Å². The molecule has 3 heterocycles. The lowest BCUT2D eigenvalue weighted by molar-refractivity contribution is 0.661. The standard InChI is InChI=1S/C56H36N4/c1-2-17-42(18-3-1)59-51-24-11-9-21-45(51)48-32-38-25-26-39(29-41(38)34-52(48)59)54-47-22-8-10-23-50(47)57-56(58-54)40-16-12-19-43(30-40)60-53-33-37-15-5-4-14-36(37)31-49(53)46-28-27-35-13-6-7-20-44(35)55(46)60/h1-35,44H. The zero-order chi connectivity index (χ0) is 39.3. The lowest BCUT2D eigenvalue weighted by Gasteiger charge is -2.28. The van der Waals surface area contributed by atoms with Crippen LogP contribution in [-0.2, 0) is 0 Å². The third-order valence-corrected chi connectivity index (χ3v) is 12.8. The van der Waals surface area contributed by atoms with Crippen molar-refractivity contribution < 1.29 is 0 Å². The molecular weight excluding hydrogens is 729 g/mol. The monoisotopic (exact) mass is 764 g/mol. The first-order valence-corrected chi connectivity index (χ1v) is 20.7. The number of para-hydroxylation sites is 3. The molecule has 13 rings (SSSR count). The molecule has 0 saturated carbocycles. The average Bonchev–Trinajstić information content (AvgIpc) is 3.81. The van der Waals surface area contributed by atoms with Gasteiger partial charge >= 0.3 is 0 Å². The van der Waals surface area contributed by atoms with Crippen LogP contribution in [0.3, 0.4) is 0 Å². The molecule has 60 heavy (non-hydrogen) atoms. The number of hydrogen-bond acceptors (Lipinski definition) is 2. The van der Waals surface area contributed by atoms with Crippen LogP contribution >= 0.6 is 0 Å². The molecular formula is C56H36N4. The Balaban J connectivity index is 0.992. The predicted octanol–water partition coefficient (Wildman–Crippen LogP) is 14.2. The Morgan fingerprint density at radius 1 is 0.417 bits per heavy atom. The minimum absolute atomic E-state index is 0.237. The Kier molecular flexibility index (Phi) is 7.10. The fraction of sp³-hybridized carbons (Fsp3) is 0.0357. The fourth-order valence-electron chi connectivity index (χ4n) is 10.0. The maximum Gasteiger partial charge on any atom is 0.160 e. The molecule has 0 bridgehead atoms. The van der Waals surface area contributed by atoms with Crippen molar-refractivity contribution in [3.05, 3.63) is 211 Å². The lowest BCUT2D eigenvalue weighted by atomic mass is 9.80.